The molecule has 2 aromatic rings. The predicted octanol–water partition coefficient (Wildman–Crippen LogP) is 3.53. The molecular formula is C17H24N2O. The molecule has 1 fully saturated rings. The molecule has 0 spiro atoms. The second-order valence-corrected chi connectivity index (χ2v) is 5.62. The molecule has 0 bridgehead atoms. The Kier molecular flexibility index (Phi) is 4.08. The Morgan fingerprint density at radius 3 is 2.65 bits per heavy atom. The maximum atomic E-state index is 6.08. The summed E-state index contributed by atoms with van der Waals surface area (Å²) in [5, 5.41) is 4.84. The van der Waals surface area contributed by atoms with Gasteiger partial charge in [0.05, 0.1) is 6.54 Å². The number of nitrogens with one attached hydrogen (secondary N) is 1. The van der Waals surface area contributed by atoms with Gasteiger partial charge >= 0.3 is 0 Å². The van der Waals surface area contributed by atoms with Crippen LogP contribution in [0.25, 0.3) is 11.0 Å². The lowest BCUT2D eigenvalue weighted by atomic mass is 10.1. The molecule has 0 saturated heterocycles. The number of rotatable bonds is 7. The van der Waals surface area contributed by atoms with Crippen LogP contribution in [0.15, 0.2) is 28.7 Å². The molecular weight excluding hydrogens is 248 g/mol. The van der Waals surface area contributed by atoms with E-state index in [1.807, 2.05) is 6.07 Å². The summed E-state index contributed by atoms with van der Waals surface area (Å²) in [4.78, 5) is 2.44. The first kappa shape index (κ1) is 13.7. The first-order valence-corrected chi connectivity index (χ1v) is 7.76. The summed E-state index contributed by atoms with van der Waals surface area (Å²) in [5.74, 6) is 1.12. The number of nitrogens with zero attached hydrogens (tertiary/aromatic N) is 1. The fraction of sp³-hybridized carbons (Fsp3) is 0.529. The highest BCUT2D eigenvalue weighted by atomic mass is 16.3. The lowest BCUT2D eigenvalue weighted by Gasteiger charge is -2.18. The molecule has 3 rings (SSSR count). The molecule has 1 heterocycles. The molecule has 0 atom stereocenters. The molecule has 1 aromatic carbocycles. The van der Waals surface area contributed by atoms with E-state index >= 15 is 0 Å². The van der Waals surface area contributed by atoms with Crippen molar-refractivity contribution in [3.05, 3.63) is 35.6 Å². The summed E-state index contributed by atoms with van der Waals surface area (Å²) in [6.45, 7) is 8.42. The molecule has 0 amide bonds. The Morgan fingerprint density at radius 1 is 1.20 bits per heavy atom. The van der Waals surface area contributed by atoms with Gasteiger partial charge in [-0.2, -0.15) is 0 Å². The van der Waals surface area contributed by atoms with Gasteiger partial charge in [-0.25, -0.2) is 0 Å². The van der Waals surface area contributed by atoms with Gasteiger partial charge in [-0.05, 0) is 32.0 Å². The van der Waals surface area contributed by atoms with Crippen LogP contribution in [-0.4, -0.2) is 24.0 Å². The molecule has 108 valence electrons. The van der Waals surface area contributed by atoms with E-state index in [0.29, 0.717) is 6.04 Å². The van der Waals surface area contributed by atoms with E-state index < -0.39 is 0 Å². The molecule has 3 heteroatoms. The third-order valence-corrected chi connectivity index (χ3v) is 4.19. The minimum atomic E-state index is 0.713. The third kappa shape index (κ3) is 2.89. The smallest absolute Gasteiger partial charge is 0.134 e. The highest BCUT2D eigenvalue weighted by molar-refractivity contribution is 5.82. The summed E-state index contributed by atoms with van der Waals surface area (Å²) in [6, 6.07) is 9.11. The van der Waals surface area contributed by atoms with E-state index in [1.54, 1.807) is 0 Å². The molecule has 0 unspecified atom stereocenters. The fourth-order valence-electron chi connectivity index (χ4n) is 2.66. The van der Waals surface area contributed by atoms with Gasteiger partial charge in [-0.1, -0.05) is 32.0 Å². The van der Waals surface area contributed by atoms with Crippen molar-refractivity contribution in [2.45, 2.75) is 45.8 Å². The standard InChI is InChI=1S/C17H24N2O/c1-3-19(4-2)12-15-14-7-5-6-8-16(14)20-17(15)11-18-13-9-10-13/h5-8,13,18H,3-4,9-12H2,1-2H3. The molecule has 1 N–H and O–H groups in total. The lowest BCUT2D eigenvalue weighted by molar-refractivity contribution is 0.293. The van der Waals surface area contributed by atoms with Gasteiger partial charge < -0.3 is 9.73 Å². The maximum absolute atomic E-state index is 6.08. The van der Waals surface area contributed by atoms with Gasteiger partial charge in [-0.3, -0.25) is 4.90 Å². The van der Waals surface area contributed by atoms with Crippen LogP contribution in [0.1, 0.15) is 38.0 Å². The van der Waals surface area contributed by atoms with Crippen LogP contribution in [0.3, 0.4) is 0 Å². The van der Waals surface area contributed by atoms with Gasteiger partial charge in [0.25, 0.3) is 0 Å². The first-order chi connectivity index (χ1) is 9.81. The SMILES string of the molecule is CCN(CC)Cc1c(CNC2CC2)oc2ccccc12. The second kappa shape index (κ2) is 5.98. The molecule has 1 aliphatic carbocycles. The monoisotopic (exact) mass is 272 g/mol. The van der Waals surface area contributed by atoms with Gasteiger partial charge in [0.1, 0.15) is 11.3 Å². The van der Waals surface area contributed by atoms with Crippen LogP contribution in [0.4, 0.5) is 0 Å². The Bertz CT molecular complexity index is 567. The molecule has 20 heavy (non-hydrogen) atoms. The molecule has 1 aliphatic rings. The number of benzene rings is 1. The van der Waals surface area contributed by atoms with Crippen LogP contribution in [0.5, 0.6) is 0 Å². The van der Waals surface area contributed by atoms with E-state index in [-0.39, 0.29) is 0 Å². The van der Waals surface area contributed by atoms with Crippen molar-refractivity contribution < 1.29 is 4.42 Å². The largest absolute Gasteiger partial charge is 0.459 e. The van der Waals surface area contributed by atoms with Crippen molar-refractivity contribution in [1.29, 1.82) is 0 Å². The van der Waals surface area contributed by atoms with E-state index in [9.17, 15) is 0 Å². The Morgan fingerprint density at radius 2 is 1.95 bits per heavy atom. The second-order valence-electron chi connectivity index (χ2n) is 5.62. The van der Waals surface area contributed by atoms with Crippen molar-refractivity contribution >= 4 is 11.0 Å². The quantitative estimate of drug-likeness (QED) is 0.836. The normalized spacial score (nSPS) is 15.3. The zero-order valence-electron chi connectivity index (χ0n) is 12.5. The van der Waals surface area contributed by atoms with Crippen LogP contribution >= 0.6 is 0 Å². The maximum Gasteiger partial charge on any atom is 0.134 e. The lowest BCUT2D eigenvalue weighted by Crippen LogP contribution is -2.23. The summed E-state index contributed by atoms with van der Waals surface area (Å²) >= 11 is 0. The minimum Gasteiger partial charge on any atom is -0.459 e. The van der Waals surface area contributed by atoms with Crippen LogP contribution in [0, 0.1) is 0 Å². The summed E-state index contributed by atoms with van der Waals surface area (Å²) in [6.07, 6.45) is 2.62. The summed E-state index contributed by atoms with van der Waals surface area (Å²) in [5.41, 5.74) is 2.37. The van der Waals surface area contributed by atoms with Gasteiger partial charge in [0.15, 0.2) is 0 Å². The first-order valence-electron chi connectivity index (χ1n) is 7.76. The third-order valence-electron chi connectivity index (χ3n) is 4.19. The fourth-order valence-corrected chi connectivity index (χ4v) is 2.66. The number of hydrogen-bond acceptors (Lipinski definition) is 3. The van der Waals surface area contributed by atoms with Gasteiger partial charge in [0, 0.05) is 23.5 Å². The highest BCUT2D eigenvalue weighted by Crippen LogP contribution is 2.28. The Hall–Kier alpha value is -1.32. The highest BCUT2D eigenvalue weighted by Gasteiger charge is 2.22. The van der Waals surface area contributed by atoms with E-state index in [1.165, 1.54) is 23.8 Å². The van der Waals surface area contributed by atoms with E-state index in [0.717, 1.165) is 37.5 Å². The average molecular weight is 272 g/mol. The Balaban J connectivity index is 1.89. The minimum absolute atomic E-state index is 0.713. The topological polar surface area (TPSA) is 28.4 Å². The van der Waals surface area contributed by atoms with Crippen LogP contribution < -0.4 is 5.32 Å². The van der Waals surface area contributed by atoms with Crippen molar-refractivity contribution in [3.63, 3.8) is 0 Å². The Labute approximate surface area is 120 Å². The van der Waals surface area contributed by atoms with E-state index in [2.05, 4.69) is 42.3 Å². The van der Waals surface area contributed by atoms with E-state index in [4.69, 9.17) is 4.42 Å². The summed E-state index contributed by atoms with van der Waals surface area (Å²) < 4.78 is 6.08. The van der Waals surface area contributed by atoms with Gasteiger partial charge in [0.2, 0.25) is 0 Å². The summed E-state index contributed by atoms with van der Waals surface area (Å²) in [7, 11) is 0. The number of para-hydroxylation sites is 1. The molecule has 0 radical (unpaired) electrons. The van der Waals surface area contributed by atoms with Crippen molar-refractivity contribution in [1.82, 2.24) is 10.2 Å². The molecule has 0 aliphatic heterocycles. The predicted molar refractivity (Wildman–Crippen MR) is 82.7 cm³/mol. The number of fused-ring (bicyclic) bond motifs is 1. The van der Waals surface area contributed by atoms with Crippen LogP contribution in [0.2, 0.25) is 0 Å². The number of hydrogen-bond donors (Lipinski definition) is 1. The molecule has 1 aromatic heterocycles. The molecule has 1 saturated carbocycles. The van der Waals surface area contributed by atoms with Crippen molar-refractivity contribution in [2.75, 3.05) is 13.1 Å². The average Bonchev–Trinajstić information content (AvgIpc) is 3.25. The van der Waals surface area contributed by atoms with Crippen LogP contribution in [-0.2, 0) is 13.1 Å². The van der Waals surface area contributed by atoms with Gasteiger partial charge in [-0.15, -0.1) is 0 Å². The zero-order valence-corrected chi connectivity index (χ0v) is 12.5. The molecule has 3 nitrogen and oxygen atoms in total. The number of furan rings is 1. The van der Waals surface area contributed by atoms with Crippen molar-refractivity contribution in [3.8, 4) is 0 Å². The zero-order chi connectivity index (χ0) is 13.9. The van der Waals surface area contributed by atoms with Crippen molar-refractivity contribution in [2.24, 2.45) is 0 Å².